The minimum Gasteiger partial charge on any atom is -0.315 e. The number of pyridine rings is 1. The zero-order valence-corrected chi connectivity index (χ0v) is 13.9. The second-order valence-electron chi connectivity index (χ2n) is 4.77. The standard InChI is InChI=1S/C11H17N3O4S2.ClH/c1-19(15,16)11-5-4-10(8-13-11)20(17,18)14-9-3-2-6-12-7-9;/h4-5,8-9,12,14H,2-3,6-7H2,1H3;1H/t9-;/m1./s1. The third-order valence-electron chi connectivity index (χ3n) is 3.02. The Kier molecular flexibility index (Phi) is 6.11. The SMILES string of the molecule is CS(=O)(=O)c1ccc(S(=O)(=O)N[C@@H]2CCCNC2)cn1.Cl. The molecule has 120 valence electrons. The van der Waals surface area contributed by atoms with Crippen molar-refractivity contribution in [2.75, 3.05) is 19.3 Å². The molecule has 0 bridgehead atoms. The number of nitrogens with zero attached hydrogens (tertiary/aromatic N) is 1. The van der Waals surface area contributed by atoms with Gasteiger partial charge in [0, 0.05) is 25.0 Å². The van der Waals surface area contributed by atoms with Crippen molar-refractivity contribution in [1.82, 2.24) is 15.0 Å². The Labute approximate surface area is 130 Å². The van der Waals surface area contributed by atoms with Gasteiger partial charge >= 0.3 is 0 Å². The van der Waals surface area contributed by atoms with Gasteiger partial charge in [-0.05, 0) is 31.5 Å². The fraction of sp³-hybridized carbons (Fsp3) is 0.545. The largest absolute Gasteiger partial charge is 0.315 e. The van der Waals surface area contributed by atoms with Crippen molar-refractivity contribution in [3.63, 3.8) is 0 Å². The van der Waals surface area contributed by atoms with E-state index in [2.05, 4.69) is 15.0 Å². The summed E-state index contributed by atoms with van der Waals surface area (Å²) in [6, 6.07) is 2.30. The molecule has 0 saturated carbocycles. The summed E-state index contributed by atoms with van der Waals surface area (Å²) in [5.41, 5.74) is 0. The predicted molar refractivity (Wildman–Crippen MR) is 80.8 cm³/mol. The van der Waals surface area contributed by atoms with Crippen LogP contribution in [0.1, 0.15) is 12.8 Å². The van der Waals surface area contributed by atoms with Gasteiger partial charge in [0.15, 0.2) is 14.9 Å². The Hall–Kier alpha value is -0.740. The number of rotatable bonds is 4. The van der Waals surface area contributed by atoms with Crippen LogP contribution in [-0.2, 0) is 19.9 Å². The lowest BCUT2D eigenvalue weighted by molar-refractivity contribution is 0.428. The van der Waals surface area contributed by atoms with Crippen LogP contribution < -0.4 is 10.0 Å². The predicted octanol–water partition coefficient (Wildman–Crippen LogP) is -0.0628. The van der Waals surface area contributed by atoms with Crippen LogP contribution in [0.25, 0.3) is 0 Å². The second kappa shape index (κ2) is 7.01. The van der Waals surface area contributed by atoms with Crippen LogP contribution >= 0.6 is 12.4 Å². The highest BCUT2D eigenvalue weighted by molar-refractivity contribution is 7.90. The van der Waals surface area contributed by atoms with Gasteiger partial charge in [0.1, 0.15) is 4.90 Å². The van der Waals surface area contributed by atoms with Crippen LogP contribution in [0, 0.1) is 0 Å². The molecule has 0 spiro atoms. The lowest BCUT2D eigenvalue weighted by Gasteiger charge is -2.23. The number of hydrogen-bond donors (Lipinski definition) is 2. The maximum absolute atomic E-state index is 12.1. The number of halogens is 1. The van der Waals surface area contributed by atoms with Crippen LogP contribution in [0.4, 0.5) is 0 Å². The molecule has 0 amide bonds. The van der Waals surface area contributed by atoms with E-state index >= 15 is 0 Å². The molecule has 1 fully saturated rings. The smallest absolute Gasteiger partial charge is 0.242 e. The van der Waals surface area contributed by atoms with Crippen molar-refractivity contribution in [3.05, 3.63) is 18.3 Å². The summed E-state index contributed by atoms with van der Waals surface area (Å²) in [6.45, 7) is 1.48. The first-order valence-corrected chi connectivity index (χ1v) is 9.56. The monoisotopic (exact) mass is 355 g/mol. The van der Waals surface area contributed by atoms with Crippen molar-refractivity contribution in [2.24, 2.45) is 0 Å². The highest BCUT2D eigenvalue weighted by Gasteiger charge is 2.22. The summed E-state index contributed by atoms with van der Waals surface area (Å²) in [4.78, 5) is 3.65. The zero-order chi connectivity index (χ0) is 14.8. The average Bonchev–Trinajstić information content (AvgIpc) is 2.38. The van der Waals surface area contributed by atoms with Crippen LogP contribution in [0.5, 0.6) is 0 Å². The molecule has 2 rings (SSSR count). The van der Waals surface area contributed by atoms with E-state index in [1.807, 2.05) is 0 Å². The first-order valence-electron chi connectivity index (χ1n) is 6.18. The summed E-state index contributed by atoms with van der Waals surface area (Å²) in [5.74, 6) is 0. The number of sulfone groups is 1. The third-order valence-corrected chi connectivity index (χ3v) is 5.53. The molecule has 1 atom stereocenters. The Morgan fingerprint density at radius 3 is 2.48 bits per heavy atom. The van der Waals surface area contributed by atoms with Gasteiger partial charge < -0.3 is 5.32 Å². The molecule has 2 N–H and O–H groups in total. The molecular weight excluding hydrogens is 338 g/mol. The van der Waals surface area contributed by atoms with Crippen molar-refractivity contribution in [1.29, 1.82) is 0 Å². The lowest BCUT2D eigenvalue weighted by atomic mass is 10.1. The van der Waals surface area contributed by atoms with Crippen LogP contribution in [0.2, 0.25) is 0 Å². The van der Waals surface area contributed by atoms with E-state index in [1.54, 1.807) is 0 Å². The number of sulfonamides is 1. The molecule has 21 heavy (non-hydrogen) atoms. The maximum Gasteiger partial charge on any atom is 0.242 e. The Morgan fingerprint density at radius 1 is 1.29 bits per heavy atom. The number of nitrogens with one attached hydrogen (secondary N) is 2. The van der Waals surface area contributed by atoms with Gasteiger partial charge in [0.05, 0.1) is 0 Å². The summed E-state index contributed by atoms with van der Waals surface area (Å²) in [6.07, 6.45) is 3.78. The molecule has 1 aromatic heterocycles. The van der Waals surface area contributed by atoms with Crippen LogP contribution in [0.3, 0.4) is 0 Å². The molecule has 1 saturated heterocycles. The van der Waals surface area contributed by atoms with Crippen molar-refractivity contribution < 1.29 is 16.8 Å². The quantitative estimate of drug-likeness (QED) is 0.783. The number of hydrogen-bond acceptors (Lipinski definition) is 6. The van der Waals surface area contributed by atoms with Crippen molar-refractivity contribution in [2.45, 2.75) is 28.8 Å². The highest BCUT2D eigenvalue weighted by Crippen LogP contribution is 2.13. The summed E-state index contributed by atoms with van der Waals surface area (Å²) >= 11 is 0. The van der Waals surface area contributed by atoms with E-state index in [0.29, 0.717) is 6.54 Å². The molecule has 2 heterocycles. The molecular formula is C11H18ClN3O4S2. The van der Waals surface area contributed by atoms with Gasteiger partial charge in [-0.15, -0.1) is 12.4 Å². The van der Waals surface area contributed by atoms with Gasteiger partial charge in [-0.25, -0.2) is 26.5 Å². The van der Waals surface area contributed by atoms with E-state index in [1.165, 1.54) is 12.1 Å². The third kappa shape index (κ3) is 4.89. The number of piperidine rings is 1. The molecule has 10 heteroatoms. The van der Waals surface area contributed by atoms with E-state index in [9.17, 15) is 16.8 Å². The fourth-order valence-corrected chi connectivity index (χ4v) is 3.76. The van der Waals surface area contributed by atoms with Gasteiger partial charge in [0.25, 0.3) is 0 Å². The highest BCUT2D eigenvalue weighted by atomic mass is 35.5. The van der Waals surface area contributed by atoms with Gasteiger partial charge in [-0.2, -0.15) is 0 Å². The minimum absolute atomic E-state index is 0. The molecule has 0 aliphatic carbocycles. The first kappa shape index (κ1) is 18.3. The summed E-state index contributed by atoms with van der Waals surface area (Å²) in [7, 11) is -7.10. The topological polar surface area (TPSA) is 105 Å². The fourth-order valence-electron chi connectivity index (χ4n) is 1.98. The molecule has 1 aliphatic heterocycles. The molecule has 0 unspecified atom stereocenters. The summed E-state index contributed by atoms with van der Waals surface area (Å²) in [5, 5.41) is 2.97. The normalized spacial score (nSPS) is 19.8. The maximum atomic E-state index is 12.1. The van der Waals surface area contributed by atoms with Gasteiger partial charge in [-0.1, -0.05) is 0 Å². The minimum atomic E-state index is -3.67. The molecule has 1 aliphatic rings. The summed E-state index contributed by atoms with van der Waals surface area (Å²) < 4.78 is 49.4. The number of aromatic nitrogens is 1. The molecule has 0 radical (unpaired) electrons. The van der Waals surface area contributed by atoms with Crippen LogP contribution in [-0.4, -0.2) is 47.2 Å². The van der Waals surface area contributed by atoms with E-state index in [0.717, 1.165) is 31.8 Å². The van der Waals surface area contributed by atoms with E-state index in [4.69, 9.17) is 0 Å². The Bertz CT molecular complexity index is 668. The van der Waals surface area contributed by atoms with Crippen molar-refractivity contribution in [3.8, 4) is 0 Å². The first-order chi connectivity index (χ1) is 9.29. The van der Waals surface area contributed by atoms with Gasteiger partial charge in [0.2, 0.25) is 10.0 Å². The van der Waals surface area contributed by atoms with Crippen molar-refractivity contribution >= 4 is 32.3 Å². The van der Waals surface area contributed by atoms with Gasteiger partial charge in [-0.3, -0.25) is 0 Å². The Morgan fingerprint density at radius 2 is 2.00 bits per heavy atom. The average molecular weight is 356 g/mol. The van der Waals surface area contributed by atoms with E-state index in [-0.39, 0.29) is 28.4 Å². The Balaban J connectivity index is 0.00000220. The van der Waals surface area contributed by atoms with Crippen LogP contribution in [0.15, 0.2) is 28.3 Å². The lowest BCUT2D eigenvalue weighted by Crippen LogP contribution is -2.45. The second-order valence-corrected chi connectivity index (χ2v) is 8.45. The molecule has 0 aromatic carbocycles. The zero-order valence-electron chi connectivity index (χ0n) is 11.4. The molecule has 1 aromatic rings. The van der Waals surface area contributed by atoms with E-state index < -0.39 is 19.9 Å². The molecule has 7 nitrogen and oxygen atoms in total.